The van der Waals surface area contributed by atoms with Crippen LogP contribution in [0.5, 0.6) is 0 Å². The molecule has 2 N–H and O–H groups in total. The molecule has 10 heteroatoms. The van der Waals surface area contributed by atoms with Gasteiger partial charge in [-0.05, 0) is 52.9 Å². The molecule has 0 saturated carbocycles. The summed E-state index contributed by atoms with van der Waals surface area (Å²) in [5, 5.41) is 12.3. The van der Waals surface area contributed by atoms with E-state index in [1.165, 1.54) is 11.6 Å². The van der Waals surface area contributed by atoms with E-state index in [0.29, 0.717) is 13.0 Å². The number of amides is 1. The second kappa shape index (κ2) is 15.2. The number of nitrogens with zero attached hydrogens (tertiary/aromatic N) is 1. The van der Waals surface area contributed by atoms with Crippen LogP contribution >= 0.6 is 23.1 Å². The summed E-state index contributed by atoms with van der Waals surface area (Å²) in [7, 11) is 0. The van der Waals surface area contributed by atoms with Gasteiger partial charge in [-0.2, -0.15) is 0 Å². The topological polar surface area (TPSA) is 107 Å². The molecule has 0 aliphatic carbocycles. The molecule has 2 heterocycles. The van der Waals surface area contributed by atoms with Crippen molar-refractivity contribution in [3.63, 3.8) is 0 Å². The van der Waals surface area contributed by atoms with Gasteiger partial charge in [0, 0.05) is 31.2 Å². The van der Waals surface area contributed by atoms with Gasteiger partial charge in [0.25, 0.3) is 5.91 Å². The van der Waals surface area contributed by atoms with E-state index >= 15 is 0 Å². The zero-order valence-corrected chi connectivity index (χ0v) is 27.8. The number of benzene rings is 4. The number of hydrogen-bond donors (Lipinski definition) is 2. The van der Waals surface area contributed by atoms with Crippen molar-refractivity contribution in [3.05, 3.63) is 119 Å². The molecular weight excluding hydrogens is 633 g/mol. The highest BCUT2D eigenvalue weighted by Crippen LogP contribution is 2.40. The molecule has 242 valence electrons. The van der Waals surface area contributed by atoms with Gasteiger partial charge in [0.1, 0.15) is 0 Å². The monoisotopic (exact) mass is 668 g/mol. The summed E-state index contributed by atoms with van der Waals surface area (Å²) in [4.78, 5) is 28.2. The number of hydrogen-bond acceptors (Lipinski definition) is 9. The summed E-state index contributed by atoms with van der Waals surface area (Å²) in [5.41, 5.74) is 6.80. The van der Waals surface area contributed by atoms with Crippen LogP contribution in [-0.4, -0.2) is 39.9 Å². The first-order valence-electron chi connectivity index (χ1n) is 15.5. The number of aromatic nitrogens is 1. The maximum Gasteiger partial charge on any atom is 0.303 e. The second-order valence-corrected chi connectivity index (χ2v) is 13.7. The minimum Gasteiger partial charge on any atom is -0.453 e. The first kappa shape index (κ1) is 32.9. The Hall–Kier alpha value is -4.06. The third-order valence-corrected chi connectivity index (χ3v) is 10.2. The predicted molar refractivity (Wildman–Crippen MR) is 184 cm³/mol. The molecule has 1 fully saturated rings. The van der Waals surface area contributed by atoms with E-state index in [1.54, 1.807) is 30.0 Å². The first-order valence-corrected chi connectivity index (χ1v) is 17.3. The first-order chi connectivity index (χ1) is 22.8. The fraction of sp³-hybridized carbons (Fsp3) is 0.270. The van der Waals surface area contributed by atoms with Crippen molar-refractivity contribution in [1.82, 2.24) is 10.3 Å². The van der Waals surface area contributed by atoms with Gasteiger partial charge < -0.3 is 24.6 Å². The van der Waals surface area contributed by atoms with E-state index < -0.39 is 18.4 Å². The van der Waals surface area contributed by atoms with Crippen LogP contribution in [0.15, 0.2) is 101 Å². The summed E-state index contributed by atoms with van der Waals surface area (Å²) >= 11 is 3.40. The molecular formula is C37H36N2O6S2. The summed E-state index contributed by atoms with van der Waals surface area (Å²) in [6, 6.07) is 32.2. The SMILES string of the molecule is CC(=O)O[C@@H](C)C(=O)NCc1cccc(-c2ccc([C@@H]3O[C@H](CSc4nc5ccccc5s4)C[C@H](c4ccc(CO)cc4)O3)cc2)c1. The van der Waals surface area contributed by atoms with Gasteiger partial charge in [-0.15, -0.1) is 11.3 Å². The lowest BCUT2D eigenvalue weighted by atomic mass is 9.99. The molecule has 8 nitrogen and oxygen atoms in total. The predicted octanol–water partition coefficient (Wildman–Crippen LogP) is 7.36. The molecule has 1 aromatic heterocycles. The highest BCUT2D eigenvalue weighted by atomic mass is 32.2. The van der Waals surface area contributed by atoms with Gasteiger partial charge in [-0.3, -0.25) is 9.59 Å². The Kier molecular flexibility index (Phi) is 10.6. The summed E-state index contributed by atoms with van der Waals surface area (Å²) in [6.07, 6.45) is -0.936. The molecule has 0 unspecified atom stereocenters. The maximum absolute atomic E-state index is 12.3. The molecule has 6 rings (SSSR count). The fourth-order valence-corrected chi connectivity index (χ4v) is 7.54. The molecule has 4 atom stereocenters. The number of fused-ring (bicyclic) bond motifs is 1. The number of aliphatic hydroxyl groups excluding tert-OH is 1. The lowest BCUT2D eigenvalue weighted by Gasteiger charge is -2.36. The smallest absolute Gasteiger partial charge is 0.303 e. The minimum atomic E-state index is -0.849. The van der Waals surface area contributed by atoms with Crippen molar-refractivity contribution in [3.8, 4) is 11.1 Å². The average Bonchev–Trinajstić information content (AvgIpc) is 3.53. The van der Waals surface area contributed by atoms with Gasteiger partial charge in [-0.25, -0.2) is 4.98 Å². The molecule has 0 bridgehead atoms. The number of rotatable bonds is 11. The van der Waals surface area contributed by atoms with Gasteiger partial charge in [0.15, 0.2) is 16.7 Å². The summed E-state index contributed by atoms with van der Waals surface area (Å²) in [5.74, 6) is -0.0958. The highest BCUT2D eigenvalue weighted by molar-refractivity contribution is 8.01. The third kappa shape index (κ3) is 8.46. The van der Waals surface area contributed by atoms with Crippen molar-refractivity contribution in [1.29, 1.82) is 0 Å². The van der Waals surface area contributed by atoms with Crippen molar-refractivity contribution in [2.24, 2.45) is 0 Å². The Bertz CT molecular complexity index is 1790. The molecule has 1 aliphatic heterocycles. The number of nitrogens with one attached hydrogen (secondary N) is 1. The normalized spacial score (nSPS) is 18.5. The molecule has 1 amide bonds. The Balaban J connectivity index is 1.15. The van der Waals surface area contributed by atoms with Crippen molar-refractivity contribution in [2.75, 3.05) is 5.75 Å². The number of ether oxygens (including phenoxy) is 3. The number of carbonyl (C=O) groups is 2. The summed E-state index contributed by atoms with van der Waals surface area (Å²) in [6.45, 7) is 3.15. The minimum absolute atomic E-state index is 0.00183. The molecule has 1 saturated heterocycles. The van der Waals surface area contributed by atoms with Crippen molar-refractivity contribution >= 4 is 45.2 Å². The number of thioether (sulfide) groups is 1. The van der Waals surface area contributed by atoms with Crippen LogP contribution in [0.2, 0.25) is 0 Å². The third-order valence-electron chi connectivity index (χ3n) is 7.90. The molecule has 5 aromatic rings. The van der Waals surface area contributed by atoms with E-state index in [1.807, 2.05) is 91.0 Å². The van der Waals surface area contributed by atoms with Crippen molar-refractivity contribution < 1.29 is 28.9 Å². The molecule has 1 aliphatic rings. The van der Waals surface area contributed by atoms with Gasteiger partial charge in [0.2, 0.25) is 0 Å². The van der Waals surface area contributed by atoms with Crippen LogP contribution in [0.4, 0.5) is 0 Å². The van der Waals surface area contributed by atoms with E-state index in [4.69, 9.17) is 19.2 Å². The molecule has 0 radical (unpaired) electrons. The Morgan fingerprint density at radius 2 is 1.72 bits per heavy atom. The van der Waals surface area contributed by atoms with Crippen LogP contribution in [0.3, 0.4) is 0 Å². The van der Waals surface area contributed by atoms with Crippen molar-refractivity contribution in [2.45, 2.75) is 62.4 Å². The molecule has 0 spiro atoms. The molecule has 4 aromatic carbocycles. The fourth-order valence-electron chi connectivity index (χ4n) is 5.43. The quantitative estimate of drug-likeness (QED) is 0.111. The van der Waals surface area contributed by atoms with Gasteiger partial charge >= 0.3 is 5.97 Å². The lowest BCUT2D eigenvalue weighted by Crippen LogP contribution is -2.35. The van der Waals surface area contributed by atoms with E-state index in [-0.39, 0.29) is 24.7 Å². The van der Waals surface area contributed by atoms with E-state index in [9.17, 15) is 14.7 Å². The average molecular weight is 669 g/mol. The lowest BCUT2D eigenvalue weighted by molar-refractivity contribution is -0.245. The number of thiazole rings is 1. The maximum atomic E-state index is 12.3. The van der Waals surface area contributed by atoms with Gasteiger partial charge in [-0.1, -0.05) is 90.6 Å². The van der Waals surface area contributed by atoms with Crippen LogP contribution in [-0.2, 0) is 37.0 Å². The summed E-state index contributed by atoms with van der Waals surface area (Å²) < 4.78 is 20.3. The zero-order valence-electron chi connectivity index (χ0n) is 26.1. The number of esters is 1. The second-order valence-electron chi connectivity index (χ2n) is 11.4. The number of carbonyl (C=O) groups excluding carboxylic acids is 2. The Labute approximate surface area is 282 Å². The highest BCUT2D eigenvalue weighted by Gasteiger charge is 2.32. The van der Waals surface area contributed by atoms with Crippen LogP contribution in [0.25, 0.3) is 21.3 Å². The largest absolute Gasteiger partial charge is 0.453 e. The zero-order chi connectivity index (χ0) is 32.8. The standard InChI is InChI=1S/C37H36N2O6S2/c1-23(43-24(2)41)35(42)38-20-26-6-5-7-30(18-26)27-14-16-29(17-15-27)36-44-31(19-33(45-36)28-12-10-25(21-40)11-13-28)22-46-37-39-32-8-3-4-9-34(32)47-37/h3-18,23,31,33,36,40H,19-22H2,1-2H3,(H,38,42)/t23-,31-,33+,36+/m0/s1. The van der Waals surface area contributed by atoms with Crippen LogP contribution < -0.4 is 5.32 Å². The Morgan fingerprint density at radius 1 is 0.957 bits per heavy atom. The van der Waals surface area contributed by atoms with Gasteiger partial charge in [0.05, 0.1) is 29.0 Å². The number of aliphatic hydroxyl groups is 1. The number of para-hydroxylation sites is 1. The Morgan fingerprint density at radius 3 is 2.47 bits per heavy atom. The van der Waals surface area contributed by atoms with E-state index in [0.717, 1.165) is 49.0 Å². The van der Waals surface area contributed by atoms with Crippen LogP contribution in [0, 0.1) is 0 Å². The van der Waals surface area contributed by atoms with E-state index in [2.05, 4.69) is 11.4 Å². The van der Waals surface area contributed by atoms with Crippen LogP contribution in [0.1, 0.15) is 54.9 Å². The molecule has 47 heavy (non-hydrogen) atoms.